The van der Waals surface area contributed by atoms with Gasteiger partial charge in [0.1, 0.15) is 0 Å². The van der Waals surface area contributed by atoms with Crippen molar-refractivity contribution in [3.63, 3.8) is 0 Å². The molecule has 0 aliphatic rings. The standard InChI is InChI=1S/C22H24N2O3S/c1-13-18(22(26)27-4)14(2)23-19(13)21(25)15(3)24-20(17-11-8-12-28-17)16-9-6-5-7-10-16/h5-12,15,20,23-24H,1-4H3/t15-,20+/m1/s1. The molecule has 6 heteroatoms. The lowest BCUT2D eigenvalue weighted by Gasteiger charge is -2.22. The van der Waals surface area contributed by atoms with Crippen LogP contribution >= 0.6 is 11.3 Å². The first kappa shape index (κ1) is 20.0. The molecule has 0 saturated heterocycles. The van der Waals surface area contributed by atoms with E-state index < -0.39 is 12.0 Å². The summed E-state index contributed by atoms with van der Waals surface area (Å²) in [5, 5.41) is 5.49. The molecule has 0 radical (unpaired) electrons. The van der Waals surface area contributed by atoms with Crippen molar-refractivity contribution in [1.82, 2.24) is 10.3 Å². The van der Waals surface area contributed by atoms with Crippen molar-refractivity contribution < 1.29 is 14.3 Å². The smallest absolute Gasteiger partial charge is 0.339 e. The van der Waals surface area contributed by atoms with Gasteiger partial charge in [0.15, 0.2) is 5.78 Å². The number of thiophene rings is 1. The average molecular weight is 397 g/mol. The van der Waals surface area contributed by atoms with E-state index >= 15 is 0 Å². The largest absolute Gasteiger partial charge is 0.465 e. The molecule has 3 aromatic rings. The Morgan fingerprint density at radius 3 is 2.43 bits per heavy atom. The minimum Gasteiger partial charge on any atom is -0.465 e. The van der Waals surface area contributed by atoms with Gasteiger partial charge in [-0.1, -0.05) is 36.4 Å². The summed E-state index contributed by atoms with van der Waals surface area (Å²) < 4.78 is 4.84. The van der Waals surface area contributed by atoms with Gasteiger partial charge in [0.25, 0.3) is 0 Å². The van der Waals surface area contributed by atoms with Gasteiger partial charge in [0.05, 0.1) is 30.5 Å². The van der Waals surface area contributed by atoms with Crippen LogP contribution in [0, 0.1) is 13.8 Å². The van der Waals surface area contributed by atoms with Crippen LogP contribution < -0.4 is 5.32 Å². The van der Waals surface area contributed by atoms with Crippen LogP contribution in [0.3, 0.4) is 0 Å². The zero-order valence-electron chi connectivity index (χ0n) is 16.4. The van der Waals surface area contributed by atoms with Crippen LogP contribution in [0.5, 0.6) is 0 Å². The number of H-pyrrole nitrogens is 1. The van der Waals surface area contributed by atoms with Crippen molar-refractivity contribution in [3.8, 4) is 0 Å². The summed E-state index contributed by atoms with van der Waals surface area (Å²) in [6.07, 6.45) is 0. The maximum Gasteiger partial charge on any atom is 0.339 e. The molecule has 0 spiro atoms. The molecule has 5 nitrogen and oxygen atoms in total. The highest BCUT2D eigenvalue weighted by Gasteiger charge is 2.27. The zero-order valence-corrected chi connectivity index (χ0v) is 17.2. The van der Waals surface area contributed by atoms with Gasteiger partial charge >= 0.3 is 5.97 Å². The number of carbonyl (C=O) groups is 2. The number of ether oxygens (including phenoxy) is 1. The number of nitrogens with one attached hydrogen (secondary N) is 2. The predicted octanol–water partition coefficient (Wildman–Crippen LogP) is 4.43. The van der Waals surface area contributed by atoms with Gasteiger partial charge in [-0.2, -0.15) is 0 Å². The summed E-state index contributed by atoms with van der Waals surface area (Å²) in [4.78, 5) is 29.4. The van der Waals surface area contributed by atoms with Crippen LogP contribution in [0.25, 0.3) is 0 Å². The van der Waals surface area contributed by atoms with Crippen molar-refractivity contribution in [3.05, 3.63) is 80.8 Å². The highest BCUT2D eigenvalue weighted by molar-refractivity contribution is 7.10. The molecule has 2 aromatic heterocycles. The molecule has 0 fully saturated rings. The molecule has 0 bridgehead atoms. The van der Waals surface area contributed by atoms with Gasteiger partial charge in [-0.15, -0.1) is 11.3 Å². The van der Waals surface area contributed by atoms with Crippen LogP contribution in [0.2, 0.25) is 0 Å². The maximum atomic E-state index is 13.1. The van der Waals surface area contributed by atoms with E-state index in [2.05, 4.69) is 16.4 Å². The number of Topliss-reactive ketones (excluding diaryl/α,β-unsaturated/α-hetero) is 1. The second-order valence-electron chi connectivity index (χ2n) is 6.73. The lowest BCUT2D eigenvalue weighted by Crippen LogP contribution is -2.37. The van der Waals surface area contributed by atoms with Crippen LogP contribution in [-0.4, -0.2) is 29.9 Å². The van der Waals surface area contributed by atoms with Crippen molar-refractivity contribution in [2.75, 3.05) is 7.11 Å². The summed E-state index contributed by atoms with van der Waals surface area (Å²) in [6, 6.07) is 13.6. The van der Waals surface area contributed by atoms with E-state index in [4.69, 9.17) is 4.74 Å². The second kappa shape index (κ2) is 8.54. The van der Waals surface area contributed by atoms with Crippen LogP contribution in [-0.2, 0) is 4.74 Å². The molecule has 0 aliphatic heterocycles. The van der Waals surface area contributed by atoms with E-state index in [9.17, 15) is 9.59 Å². The summed E-state index contributed by atoms with van der Waals surface area (Å²) in [7, 11) is 1.34. The molecule has 0 unspecified atom stereocenters. The molecular weight excluding hydrogens is 372 g/mol. The molecule has 3 rings (SSSR count). The summed E-state index contributed by atoms with van der Waals surface area (Å²) in [6.45, 7) is 5.38. The minimum absolute atomic E-state index is 0.0865. The first-order valence-electron chi connectivity index (χ1n) is 9.10. The lowest BCUT2D eigenvalue weighted by atomic mass is 10.0. The SMILES string of the molecule is COC(=O)c1c(C)[nH]c(C(=O)[C@@H](C)N[C@@H](c2ccccc2)c2cccs2)c1C. The second-order valence-corrected chi connectivity index (χ2v) is 7.71. The van der Waals surface area contributed by atoms with Gasteiger partial charge in [-0.3, -0.25) is 10.1 Å². The maximum absolute atomic E-state index is 13.1. The van der Waals surface area contributed by atoms with Crippen LogP contribution in [0.4, 0.5) is 0 Å². The Bertz CT molecular complexity index is 961. The first-order chi connectivity index (χ1) is 13.4. The molecule has 0 saturated carbocycles. The highest BCUT2D eigenvalue weighted by atomic mass is 32.1. The molecule has 0 amide bonds. The zero-order chi connectivity index (χ0) is 20.3. The monoisotopic (exact) mass is 396 g/mol. The van der Waals surface area contributed by atoms with Crippen molar-refractivity contribution >= 4 is 23.1 Å². The fourth-order valence-corrected chi connectivity index (χ4v) is 4.20. The summed E-state index contributed by atoms with van der Waals surface area (Å²) in [5.41, 5.74) is 3.22. The lowest BCUT2D eigenvalue weighted by molar-refractivity contribution is 0.0599. The van der Waals surface area contributed by atoms with Gasteiger partial charge < -0.3 is 9.72 Å². The molecule has 146 valence electrons. The number of benzene rings is 1. The Labute approximate surface area is 168 Å². The third-order valence-electron chi connectivity index (χ3n) is 4.84. The van der Waals surface area contributed by atoms with Crippen LogP contribution in [0.1, 0.15) is 55.5 Å². The molecular formula is C22H24N2O3S. The van der Waals surface area contributed by atoms with E-state index in [0.717, 1.165) is 10.4 Å². The molecule has 2 atom stereocenters. The number of methoxy groups -OCH3 is 1. The third-order valence-corrected chi connectivity index (χ3v) is 5.78. The van der Waals surface area contributed by atoms with Gasteiger partial charge in [0.2, 0.25) is 0 Å². The number of hydrogen-bond donors (Lipinski definition) is 2. The van der Waals surface area contributed by atoms with E-state index in [0.29, 0.717) is 22.5 Å². The Hall–Kier alpha value is -2.70. The fraction of sp³-hybridized carbons (Fsp3) is 0.273. The van der Waals surface area contributed by atoms with E-state index in [1.807, 2.05) is 48.7 Å². The third kappa shape index (κ3) is 3.93. The molecule has 28 heavy (non-hydrogen) atoms. The number of aryl methyl sites for hydroxylation is 1. The van der Waals surface area contributed by atoms with Crippen molar-refractivity contribution in [2.24, 2.45) is 0 Å². The Morgan fingerprint density at radius 2 is 1.82 bits per heavy atom. The number of hydrogen-bond acceptors (Lipinski definition) is 5. The van der Waals surface area contributed by atoms with E-state index in [1.54, 1.807) is 25.2 Å². The number of ketones is 1. The highest BCUT2D eigenvalue weighted by Crippen LogP contribution is 2.27. The number of carbonyl (C=O) groups excluding carboxylic acids is 2. The normalized spacial score (nSPS) is 13.1. The van der Waals surface area contributed by atoms with Gasteiger partial charge in [-0.05, 0) is 43.3 Å². The van der Waals surface area contributed by atoms with Gasteiger partial charge in [0, 0.05) is 10.6 Å². The van der Waals surface area contributed by atoms with Crippen molar-refractivity contribution in [2.45, 2.75) is 32.9 Å². The van der Waals surface area contributed by atoms with E-state index in [-0.39, 0.29) is 11.8 Å². The molecule has 0 aliphatic carbocycles. The number of aromatic nitrogens is 1. The Kier molecular flexibility index (Phi) is 6.11. The molecule has 2 heterocycles. The number of esters is 1. The Balaban J connectivity index is 1.88. The average Bonchev–Trinajstić information content (AvgIpc) is 3.33. The fourth-order valence-electron chi connectivity index (χ4n) is 3.39. The predicted molar refractivity (Wildman–Crippen MR) is 111 cm³/mol. The van der Waals surface area contributed by atoms with Gasteiger partial charge in [-0.25, -0.2) is 4.79 Å². The number of rotatable bonds is 7. The Morgan fingerprint density at radius 1 is 1.11 bits per heavy atom. The topological polar surface area (TPSA) is 71.2 Å². The number of aromatic amines is 1. The minimum atomic E-state index is -0.449. The van der Waals surface area contributed by atoms with Crippen molar-refractivity contribution in [1.29, 1.82) is 0 Å². The molecule has 1 aromatic carbocycles. The summed E-state index contributed by atoms with van der Waals surface area (Å²) in [5.74, 6) is -0.528. The molecule has 2 N–H and O–H groups in total. The first-order valence-corrected chi connectivity index (χ1v) is 9.98. The quantitative estimate of drug-likeness (QED) is 0.458. The van der Waals surface area contributed by atoms with E-state index in [1.165, 1.54) is 7.11 Å². The van der Waals surface area contributed by atoms with Crippen LogP contribution in [0.15, 0.2) is 47.8 Å². The summed E-state index contributed by atoms with van der Waals surface area (Å²) >= 11 is 1.65.